The first-order chi connectivity index (χ1) is 15.3. The van der Waals surface area contributed by atoms with Crippen LogP contribution in [0.2, 0.25) is 0 Å². The monoisotopic (exact) mass is 476 g/mol. The van der Waals surface area contributed by atoms with Gasteiger partial charge in [0.05, 0.1) is 5.75 Å². The molecule has 0 unspecified atom stereocenters. The number of benzene rings is 2. The summed E-state index contributed by atoms with van der Waals surface area (Å²) in [6, 6.07) is 13.0. The van der Waals surface area contributed by atoms with Crippen LogP contribution < -0.4 is 0 Å². The molecule has 1 fully saturated rings. The van der Waals surface area contributed by atoms with Crippen molar-refractivity contribution in [1.82, 2.24) is 19.4 Å². The largest absolute Gasteiger partial charge is 0.411 e. The summed E-state index contributed by atoms with van der Waals surface area (Å²) in [5.41, 5.74) is 1.88. The summed E-state index contributed by atoms with van der Waals surface area (Å²) in [6.07, 6.45) is 0. The SMILES string of the molecule is Cc1cccc(-c2nnc(SCC(=O)N3CCN(S(=O)(=O)c4ccccc4F)CC3)o2)c1. The molecule has 0 bridgehead atoms. The van der Waals surface area contributed by atoms with Crippen molar-refractivity contribution < 1.29 is 22.0 Å². The van der Waals surface area contributed by atoms with Crippen LogP contribution in [-0.4, -0.2) is 65.7 Å². The zero-order chi connectivity index (χ0) is 22.7. The number of rotatable bonds is 6. The number of piperazine rings is 1. The molecule has 11 heteroatoms. The van der Waals surface area contributed by atoms with Gasteiger partial charge in [-0.15, -0.1) is 10.2 Å². The second kappa shape index (κ2) is 9.39. The lowest BCUT2D eigenvalue weighted by atomic mass is 10.1. The van der Waals surface area contributed by atoms with Gasteiger partial charge in [0.25, 0.3) is 5.22 Å². The highest BCUT2D eigenvalue weighted by molar-refractivity contribution is 7.99. The van der Waals surface area contributed by atoms with Gasteiger partial charge in [0.1, 0.15) is 10.7 Å². The standard InChI is InChI=1S/C21H21FN4O4S2/c1-15-5-4-6-16(13-15)20-23-24-21(30-20)31-14-19(27)25-9-11-26(12-10-25)32(28,29)18-8-3-2-7-17(18)22/h2-8,13H,9-12,14H2,1H3. The van der Waals surface area contributed by atoms with Crippen LogP contribution in [0.4, 0.5) is 4.39 Å². The molecule has 32 heavy (non-hydrogen) atoms. The van der Waals surface area contributed by atoms with Crippen molar-refractivity contribution in [3.8, 4) is 11.5 Å². The summed E-state index contributed by atoms with van der Waals surface area (Å²) in [5.74, 6) is -0.467. The maximum absolute atomic E-state index is 13.9. The van der Waals surface area contributed by atoms with Crippen molar-refractivity contribution in [1.29, 1.82) is 0 Å². The van der Waals surface area contributed by atoms with Crippen molar-refractivity contribution in [2.75, 3.05) is 31.9 Å². The van der Waals surface area contributed by atoms with Crippen LogP contribution in [0.25, 0.3) is 11.5 Å². The first-order valence-corrected chi connectivity index (χ1v) is 12.3. The molecule has 1 saturated heterocycles. The average molecular weight is 477 g/mol. The molecule has 168 valence electrons. The Morgan fingerprint density at radius 2 is 1.84 bits per heavy atom. The van der Waals surface area contributed by atoms with Gasteiger partial charge in [-0.3, -0.25) is 4.79 Å². The minimum absolute atomic E-state index is 0.0928. The number of carbonyl (C=O) groups excluding carboxylic acids is 1. The Balaban J connectivity index is 1.31. The van der Waals surface area contributed by atoms with E-state index < -0.39 is 15.8 Å². The number of nitrogens with zero attached hydrogens (tertiary/aromatic N) is 4. The maximum Gasteiger partial charge on any atom is 0.277 e. The number of carbonyl (C=O) groups is 1. The second-order valence-corrected chi connectivity index (χ2v) is 10.1. The molecular formula is C21H21FN4O4S2. The van der Waals surface area contributed by atoms with Gasteiger partial charge in [-0.05, 0) is 31.2 Å². The average Bonchev–Trinajstić information content (AvgIpc) is 3.27. The van der Waals surface area contributed by atoms with Crippen LogP contribution in [0.5, 0.6) is 0 Å². The molecule has 0 saturated carbocycles. The second-order valence-electron chi connectivity index (χ2n) is 7.25. The molecule has 1 aromatic heterocycles. The number of aryl methyl sites for hydroxylation is 1. The predicted molar refractivity (Wildman–Crippen MR) is 117 cm³/mol. The first-order valence-electron chi connectivity index (χ1n) is 9.90. The highest BCUT2D eigenvalue weighted by Gasteiger charge is 2.31. The number of thioether (sulfide) groups is 1. The fourth-order valence-electron chi connectivity index (χ4n) is 3.35. The number of hydrogen-bond donors (Lipinski definition) is 0. The lowest BCUT2D eigenvalue weighted by Gasteiger charge is -2.34. The van der Waals surface area contributed by atoms with E-state index in [0.29, 0.717) is 5.89 Å². The van der Waals surface area contributed by atoms with Crippen LogP contribution in [0.1, 0.15) is 5.56 Å². The lowest BCUT2D eigenvalue weighted by molar-refractivity contribution is -0.129. The Morgan fingerprint density at radius 3 is 2.56 bits per heavy atom. The Labute approximate surface area is 189 Å². The zero-order valence-electron chi connectivity index (χ0n) is 17.3. The van der Waals surface area contributed by atoms with Crippen molar-refractivity contribution in [3.63, 3.8) is 0 Å². The summed E-state index contributed by atoms with van der Waals surface area (Å²) < 4.78 is 46.2. The number of aromatic nitrogens is 2. The van der Waals surface area contributed by atoms with Crippen LogP contribution >= 0.6 is 11.8 Å². The first kappa shape index (κ1) is 22.4. The number of sulfonamides is 1. The summed E-state index contributed by atoms with van der Waals surface area (Å²) in [4.78, 5) is 13.8. The fourth-order valence-corrected chi connectivity index (χ4v) is 5.50. The van der Waals surface area contributed by atoms with E-state index >= 15 is 0 Å². The van der Waals surface area contributed by atoms with Crippen molar-refractivity contribution in [2.45, 2.75) is 17.0 Å². The molecular weight excluding hydrogens is 455 g/mol. The van der Waals surface area contributed by atoms with E-state index in [9.17, 15) is 17.6 Å². The zero-order valence-corrected chi connectivity index (χ0v) is 18.9. The van der Waals surface area contributed by atoms with Gasteiger partial charge in [-0.1, -0.05) is 41.6 Å². The van der Waals surface area contributed by atoms with E-state index in [1.54, 1.807) is 4.90 Å². The molecule has 4 rings (SSSR count). The number of hydrogen-bond acceptors (Lipinski definition) is 7. The summed E-state index contributed by atoms with van der Waals surface area (Å²) >= 11 is 1.13. The molecule has 0 radical (unpaired) electrons. The Bertz CT molecular complexity index is 1220. The minimum atomic E-state index is -3.94. The summed E-state index contributed by atoms with van der Waals surface area (Å²) in [7, 11) is -3.94. The topological polar surface area (TPSA) is 96.6 Å². The lowest BCUT2D eigenvalue weighted by Crippen LogP contribution is -2.51. The molecule has 1 amide bonds. The summed E-state index contributed by atoms with van der Waals surface area (Å²) in [6.45, 7) is 2.63. The maximum atomic E-state index is 13.9. The fraction of sp³-hybridized carbons (Fsp3) is 0.286. The third-order valence-electron chi connectivity index (χ3n) is 5.04. The van der Waals surface area contributed by atoms with Crippen molar-refractivity contribution in [3.05, 3.63) is 59.9 Å². The van der Waals surface area contributed by atoms with E-state index in [1.807, 2.05) is 31.2 Å². The predicted octanol–water partition coefficient (Wildman–Crippen LogP) is 2.81. The van der Waals surface area contributed by atoms with Crippen LogP contribution in [0.15, 0.2) is 63.1 Å². The smallest absolute Gasteiger partial charge is 0.277 e. The minimum Gasteiger partial charge on any atom is -0.411 e. The van der Waals surface area contributed by atoms with Gasteiger partial charge in [0, 0.05) is 31.7 Å². The summed E-state index contributed by atoms with van der Waals surface area (Å²) in [5, 5.41) is 8.29. The van der Waals surface area contributed by atoms with Gasteiger partial charge in [-0.2, -0.15) is 4.31 Å². The third kappa shape index (κ3) is 4.84. The molecule has 8 nitrogen and oxygen atoms in total. The quantitative estimate of drug-likeness (QED) is 0.505. The Kier molecular flexibility index (Phi) is 6.58. The molecule has 1 aliphatic rings. The van der Waals surface area contributed by atoms with E-state index in [-0.39, 0.29) is 48.0 Å². The van der Waals surface area contributed by atoms with Crippen LogP contribution in [0.3, 0.4) is 0 Å². The van der Waals surface area contributed by atoms with Gasteiger partial charge < -0.3 is 9.32 Å². The van der Waals surface area contributed by atoms with Crippen molar-refractivity contribution >= 4 is 27.7 Å². The Morgan fingerprint density at radius 1 is 1.09 bits per heavy atom. The molecule has 2 heterocycles. The Hall–Kier alpha value is -2.76. The third-order valence-corrected chi connectivity index (χ3v) is 7.77. The molecule has 0 aliphatic carbocycles. The van der Waals surface area contributed by atoms with Gasteiger partial charge in [0.2, 0.25) is 21.8 Å². The molecule has 0 spiro atoms. The van der Waals surface area contributed by atoms with Crippen molar-refractivity contribution in [2.24, 2.45) is 0 Å². The van der Waals surface area contributed by atoms with E-state index in [2.05, 4.69) is 10.2 Å². The van der Waals surface area contributed by atoms with E-state index in [4.69, 9.17) is 4.42 Å². The number of halogens is 1. The van der Waals surface area contributed by atoms with Crippen LogP contribution in [-0.2, 0) is 14.8 Å². The van der Waals surface area contributed by atoms with Gasteiger partial charge >= 0.3 is 0 Å². The molecule has 0 atom stereocenters. The number of amides is 1. The molecule has 2 aromatic carbocycles. The van der Waals surface area contributed by atoms with Gasteiger partial charge in [-0.25, -0.2) is 12.8 Å². The molecule has 3 aromatic rings. The van der Waals surface area contributed by atoms with E-state index in [1.165, 1.54) is 22.5 Å². The van der Waals surface area contributed by atoms with E-state index in [0.717, 1.165) is 29.0 Å². The molecule has 1 aliphatic heterocycles. The highest BCUT2D eigenvalue weighted by Crippen LogP contribution is 2.25. The highest BCUT2D eigenvalue weighted by atomic mass is 32.2. The molecule has 0 N–H and O–H groups in total. The van der Waals surface area contributed by atoms with Gasteiger partial charge in [0.15, 0.2) is 0 Å². The van der Waals surface area contributed by atoms with Crippen LogP contribution in [0, 0.1) is 12.7 Å². The normalized spacial score (nSPS) is 15.1.